The molecule has 0 atom stereocenters. The van der Waals surface area contributed by atoms with Crippen molar-refractivity contribution in [1.82, 2.24) is 9.66 Å². The Morgan fingerprint density at radius 2 is 2.60 bits per heavy atom. The smallest absolute Gasteiger partial charge is 0.356 e. The molecule has 1 aromatic heterocycles. The molecule has 0 aliphatic carbocycles. The lowest BCUT2D eigenvalue weighted by Gasteiger charge is -2.00. The number of aromatic carboxylic acids is 1. The van der Waals surface area contributed by atoms with E-state index in [2.05, 4.69) is 10.4 Å². The van der Waals surface area contributed by atoms with Crippen LogP contribution in [0.15, 0.2) is 12.5 Å². The molecule has 1 aromatic rings. The van der Waals surface area contributed by atoms with E-state index in [1.165, 1.54) is 17.2 Å². The van der Waals surface area contributed by atoms with Crippen molar-refractivity contribution in [2.45, 2.75) is 0 Å². The fraction of sp³-hybridized carbons (Fsp3) is 0.200. The Hall–Kier alpha value is -1.52. The molecule has 0 radical (unpaired) electrons. The van der Waals surface area contributed by atoms with E-state index in [0.29, 0.717) is 0 Å². The van der Waals surface area contributed by atoms with Crippen LogP contribution in [-0.4, -0.2) is 27.8 Å². The second kappa shape index (κ2) is 2.38. The second-order valence-corrected chi connectivity index (χ2v) is 1.68. The van der Waals surface area contributed by atoms with Gasteiger partial charge in [-0.2, -0.15) is 0 Å². The monoisotopic (exact) mass is 141 g/mol. The molecule has 0 aliphatic heterocycles. The Morgan fingerprint density at radius 1 is 1.90 bits per heavy atom. The molecule has 0 unspecified atom stereocenters. The van der Waals surface area contributed by atoms with Crippen LogP contribution in [0.3, 0.4) is 0 Å². The first-order chi connectivity index (χ1) is 4.75. The molecule has 54 valence electrons. The van der Waals surface area contributed by atoms with Gasteiger partial charge in [-0.05, 0) is 0 Å². The molecule has 0 saturated carbocycles. The van der Waals surface area contributed by atoms with Crippen LogP contribution in [0.25, 0.3) is 0 Å². The van der Waals surface area contributed by atoms with E-state index in [1.54, 1.807) is 7.05 Å². The Morgan fingerprint density at radius 3 is 3.00 bits per heavy atom. The van der Waals surface area contributed by atoms with Crippen molar-refractivity contribution in [3.63, 3.8) is 0 Å². The Labute approximate surface area is 57.3 Å². The molecular formula is C5H7N3O2. The van der Waals surface area contributed by atoms with Crippen molar-refractivity contribution in [2.24, 2.45) is 0 Å². The van der Waals surface area contributed by atoms with Crippen molar-refractivity contribution >= 4 is 5.97 Å². The van der Waals surface area contributed by atoms with Gasteiger partial charge in [0, 0.05) is 7.05 Å². The van der Waals surface area contributed by atoms with Crippen LogP contribution < -0.4 is 5.43 Å². The summed E-state index contributed by atoms with van der Waals surface area (Å²) in [5, 5.41) is 8.48. The van der Waals surface area contributed by atoms with E-state index < -0.39 is 5.97 Å². The van der Waals surface area contributed by atoms with Gasteiger partial charge in [-0.15, -0.1) is 0 Å². The maximum atomic E-state index is 10.3. The lowest BCUT2D eigenvalue weighted by atomic mass is 10.5. The molecule has 0 aliphatic rings. The molecule has 0 spiro atoms. The molecule has 1 heterocycles. The van der Waals surface area contributed by atoms with E-state index in [-0.39, 0.29) is 5.69 Å². The summed E-state index contributed by atoms with van der Waals surface area (Å²) in [6.07, 6.45) is 2.67. The van der Waals surface area contributed by atoms with Crippen LogP contribution in [0, 0.1) is 0 Å². The largest absolute Gasteiger partial charge is 0.476 e. The minimum Gasteiger partial charge on any atom is -0.476 e. The Balaban J connectivity index is 3.01. The van der Waals surface area contributed by atoms with Crippen LogP contribution in [0.1, 0.15) is 10.5 Å². The van der Waals surface area contributed by atoms with Gasteiger partial charge in [0.2, 0.25) is 0 Å². The number of hydrogen-bond donors (Lipinski definition) is 2. The SMILES string of the molecule is CNn1cncc1C(=O)O. The quantitative estimate of drug-likeness (QED) is 0.596. The predicted molar refractivity (Wildman–Crippen MR) is 34.5 cm³/mol. The number of imidazole rings is 1. The van der Waals surface area contributed by atoms with E-state index in [4.69, 9.17) is 5.11 Å². The van der Waals surface area contributed by atoms with Gasteiger partial charge in [0.1, 0.15) is 6.33 Å². The third-order valence-corrected chi connectivity index (χ3v) is 1.10. The van der Waals surface area contributed by atoms with E-state index in [0.717, 1.165) is 0 Å². The summed E-state index contributed by atoms with van der Waals surface area (Å²) in [5.41, 5.74) is 2.76. The first kappa shape index (κ1) is 6.60. The highest BCUT2D eigenvalue weighted by atomic mass is 16.4. The summed E-state index contributed by atoms with van der Waals surface area (Å²) < 4.78 is 1.32. The van der Waals surface area contributed by atoms with Gasteiger partial charge in [-0.3, -0.25) is 0 Å². The summed E-state index contributed by atoms with van der Waals surface area (Å²) in [5.74, 6) is -0.994. The minimum atomic E-state index is -0.994. The van der Waals surface area contributed by atoms with Crippen molar-refractivity contribution in [1.29, 1.82) is 0 Å². The Kier molecular flexibility index (Phi) is 1.57. The number of nitrogens with zero attached hydrogens (tertiary/aromatic N) is 2. The summed E-state index contributed by atoms with van der Waals surface area (Å²) >= 11 is 0. The molecule has 0 aromatic carbocycles. The highest BCUT2D eigenvalue weighted by Crippen LogP contribution is 1.93. The third-order valence-electron chi connectivity index (χ3n) is 1.10. The summed E-state index contributed by atoms with van der Waals surface area (Å²) in [4.78, 5) is 14.0. The van der Waals surface area contributed by atoms with Gasteiger partial charge < -0.3 is 10.5 Å². The van der Waals surface area contributed by atoms with Crippen LogP contribution in [0.2, 0.25) is 0 Å². The fourth-order valence-corrected chi connectivity index (χ4v) is 0.631. The van der Waals surface area contributed by atoms with E-state index in [1.807, 2.05) is 0 Å². The molecule has 0 bridgehead atoms. The number of carboxylic acids is 1. The maximum Gasteiger partial charge on any atom is 0.356 e. The number of rotatable bonds is 2. The first-order valence-corrected chi connectivity index (χ1v) is 2.69. The molecule has 2 N–H and O–H groups in total. The van der Waals surface area contributed by atoms with Gasteiger partial charge in [0.05, 0.1) is 6.20 Å². The molecule has 10 heavy (non-hydrogen) atoms. The fourth-order valence-electron chi connectivity index (χ4n) is 0.631. The van der Waals surface area contributed by atoms with Crippen LogP contribution >= 0.6 is 0 Å². The molecular weight excluding hydrogens is 134 g/mol. The first-order valence-electron chi connectivity index (χ1n) is 2.69. The zero-order chi connectivity index (χ0) is 7.56. The topological polar surface area (TPSA) is 67.2 Å². The van der Waals surface area contributed by atoms with Gasteiger partial charge in [0.15, 0.2) is 5.69 Å². The van der Waals surface area contributed by atoms with Crippen LogP contribution in [0.5, 0.6) is 0 Å². The van der Waals surface area contributed by atoms with Gasteiger partial charge in [-0.25, -0.2) is 14.5 Å². The zero-order valence-corrected chi connectivity index (χ0v) is 5.40. The van der Waals surface area contributed by atoms with Gasteiger partial charge in [0.25, 0.3) is 0 Å². The lowest BCUT2D eigenvalue weighted by molar-refractivity contribution is 0.0687. The summed E-state index contributed by atoms with van der Waals surface area (Å²) in [7, 11) is 1.62. The van der Waals surface area contributed by atoms with Crippen molar-refractivity contribution in [3.8, 4) is 0 Å². The molecule has 5 heteroatoms. The van der Waals surface area contributed by atoms with Crippen LogP contribution in [0.4, 0.5) is 0 Å². The van der Waals surface area contributed by atoms with Gasteiger partial charge >= 0.3 is 5.97 Å². The highest BCUT2D eigenvalue weighted by molar-refractivity contribution is 5.85. The maximum absolute atomic E-state index is 10.3. The average molecular weight is 141 g/mol. The molecule has 0 saturated heterocycles. The number of aromatic nitrogens is 2. The van der Waals surface area contributed by atoms with E-state index in [9.17, 15) is 4.79 Å². The lowest BCUT2D eigenvalue weighted by Crippen LogP contribution is -2.14. The normalized spacial score (nSPS) is 9.30. The average Bonchev–Trinajstić information content (AvgIpc) is 2.33. The number of nitrogens with one attached hydrogen (secondary N) is 1. The molecule has 0 fully saturated rings. The standard InChI is InChI=1S/C5H7N3O2/c1-6-8-3-7-2-4(8)5(9)10/h2-3,6H,1H3,(H,9,10). The summed E-state index contributed by atoms with van der Waals surface area (Å²) in [6.45, 7) is 0. The minimum absolute atomic E-state index is 0.127. The number of hydrogen-bond acceptors (Lipinski definition) is 3. The molecule has 0 amide bonds. The summed E-state index contributed by atoms with van der Waals surface area (Å²) in [6, 6.07) is 0. The molecule has 1 rings (SSSR count). The number of carboxylic acid groups (broad SMARTS) is 1. The second-order valence-electron chi connectivity index (χ2n) is 1.68. The van der Waals surface area contributed by atoms with Crippen molar-refractivity contribution in [2.75, 3.05) is 12.5 Å². The van der Waals surface area contributed by atoms with Crippen molar-refractivity contribution in [3.05, 3.63) is 18.2 Å². The molecule has 5 nitrogen and oxygen atoms in total. The van der Waals surface area contributed by atoms with Crippen LogP contribution in [-0.2, 0) is 0 Å². The van der Waals surface area contributed by atoms with E-state index >= 15 is 0 Å². The Bertz CT molecular complexity index is 243. The number of carbonyl (C=O) groups is 1. The predicted octanol–water partition coefficient (Wildman–Crippen LogP) is -0.245. The van der Waals surface area contributed by atoms with Gasteiger partial charge in [-0.1, -0.05) is 0 Å². The third kappa shape index (κ3) is 0.928. The highest BCUT2D eigenvalue weighted by Gasteiger charge is 2.07. The van der Waals surface area contributed by atoms with Crippen molar-refractivity contribution < 1.29 is 9.90 Å². The zero-order valence-electron chi connectivity index (χ0n) is 5.40.